The van der Waals surface area contributed by atoms with Crippen molar-refractivity contribution in [2.24, 2.45) is 11.8 Å². The first-order valence-electron chi connectivity index (χ1n) is 11.7. The Balaban J connectivity index is 1.40. The van der Waals surface area contributed by atoms with Gasteiger partial charge in [-0.2, -0.15) is 0 Å². The summed E-state index contributed by atoms with van der Waals surface area (Å²) in [5, 5.41) is 20.2. The third-order valence-electron chi connectivity index (χ3n) is 7.24. The number of imidazole rings is 1. The van der Waals surface area contributed by atoms with Gasteiger partial charge in [0.15, 0.2) is 5.82 Å². The summed E-state index contributed by atoms with van der Waals surface area (Å²) >= 11 is 0. The molecule has 1 unspecified atom stereocenters. The molecule has 0 bridgehead atoms. The summed E-state index contributed by atoms with van der Waals surface area (Å²) in [6.45, 7) is 4.06. The Bertz CT molecular complexity index is 1340. The topological polar surface area (TPSA) is 66.5 Å². The lowest BCUT2D eigenvalue weighted by molar-refractivity contribution is 0.0177. The van der Waals surface area contributed by atoms with Crippen LogP contribution in [0.4, 0.5) is 10.1 Å². The lowest BCUT2D eigenvalue weighted by atomic mass is 9.87. The van der Waals surface area contributed by atoms with Crippen molar-refractivity contribution in [1.82, 2.24) is 14.1 Å². The van der Waals surface area contributed by atoms with Crippen LogP contribution in [0.5, 0.6) is 0 Å². The van der Waals surface area contributed by atoms with Crippen LogP contribution in [0.15, 0.2) is 67.1 Å². The van der Waals surface area contributed by atoms with Gasteiger partial charge in [-0.05, 0) is 53.4 Å². The van der Waals surface area contributed by atoms with E-state index in [2.05, 4.69) is 49.5 Å². The number of benzene rings is 2. The quantitative estimate of drug-likeness (QED) is 0.430. The molecule has 1 saturated heterocycles. The zero-order chi connectivity index (χ0) is 23.4. The van der Waals surface area contributed by atoms with Gasteiger partial charge in [0.2, 0.25) is 0 Å². The molecule has 174 valence electrons. The minimum atomic E-state index is -0.483. The van der Waals surface area contributed by atoms with E-state index >= 15 is 0 Å². The second-order valence-corrected chi connectivity index (χ2v) is 9.50. The lowest BCUT2D eigenvalue weighted by Gasteiger charge is -2.41. The first-order valence-corrected chi connectivity index (χ1v) is 11.7. The Morgan fingerprint density at radius 2 is 1.88 bits per heavy atom. The highest BCUT2D eigenvalue weighted by atomic mass is 19.1. The third-order valence-corrected chi connectivity index (χ3v) is 7.24. The maximum absolute atomic E-state index is 13.4. The number of fused-ring (bicyclic) bond motifs is 5. The molecule has 2 N–H and O–H groups in total. The zero-order valence-electron chi connectivity index (χ0n) is 19.0. The van der Waals surface area contributed by atoms with Crippen molar-refractivity contribution in [2.45, 2.75) is 19.6 Å². The van der Waals surface area contributed by atoms with E-state index in [0.717, 1.165) is 46.1 Å². The first kappa shape index (κ1) is 21.1. The highest BCUT2D eigenvalue weighted by Gasteiger charge is 2.33. The Morgan fingerprint density at radius 1 is 1.06 bits per heavy atom. The Labute approximate surface area is 197 Å². The van der Waals surface area contributed by atoms with Crippen molar-refractivity contribution in [3.8, 4) is 28.3 Å². The van der Waals surface area contributed by atoms with Gasteiger partial charge in [-0.25, -0.2) is 9.37 Å². The molecule has 2 aliphatic rings. The van der Waals surface area contributed by atoms with E-state index in [0.29, 0.717) is 13.1 Å². The summed E-state index contributed by atoms with van der Waals surface area (Å²) in [5.74, 6) is 0.552. The first-order chi connectivity index (χ1) is 16.5. The minimum absolute atomic E-state index is 0.0236. The Morgan fingerprint density at radius 3 is 2.68 bits per heavy atom. The number of hydrogen-bond acceptors (Lipinski definition) is 4. The monoisotopic (exact) mass is 458 g/mol. The highest BCUT2D eigenvalue weighted by Crippen LogP contribution is 2.36. The van der Waals surface area contributed by atoms with Crippen molar-refractivity contribution in [3.63, 3.8) is 0 Å². The molecule has 2 aromatic carbocycles. The van der Waals surface area contributed by atoms with Crippen molar-refractivity contribution in [1.29, 1.82) is 0 Å². The van der Waals surface area contributed by atoms with Crippen LogP contribution in [0, 0.1) is 17.7 Å². The van der Waals surface area contributed by atoms with Gasteiger partial charge in [0.25, 0.3) is 0 Å². The van der Waals surface area contributed by atoms with Gasteiger partial charge >= 0.3 is 0 Å². The zero-order valence-corrected chi connectivity index (χ0v) is 19.0. The molecule has 0 spiro atoms. The van der Waals surface area contributed by atoms with Crippen LogP contribution < -0.4 is 4.90 Å². The average molecular weight is 459 g/mol. The molecule has 2 aliphatic heterocycles. The van der Waals surface area contributed by atoms with Crippen LogP contribution in [0.1, 0.15) is 12.5 Å². The molecule has 6 nitrogen and oxygen atoms in total. The molecule has 4 aromatic rings. The molecule has 0 radical (unpaired) electrons. The third kappa shape index (κ3) is 3.43. The molecular weight excluding hydrogens is 431 g/mol. The maximum atomic E-state index is 13.4. The van der Waals surface area contributed by atoms with Gasteiger partial charge in [-0.3, -0.25) is 4.57 Å². The van der Waals surface area contributed by atoms with Crippen LogP contribution in [-0.4, -0.2) is 50.1 Å². The van der Waals surface area contributed by atoms with Crippen LogP contribution in [0.3, 0.4) is 0 Å². The summed E-state index contributed by atoms with van der Waals surface area (Å²) in [4.78, 5) is 6.91. The fourth-order valence-corrected chi connectivity index (χ4v) is 5.39. The summed E-state index contributed by atoms with van der Waals surface area (Å²) in [6.07, 6.45) is 5.41. The minimum Gasteiger partial charge on any atom is -0.396 e. The number of rotatable bonds is 3. The van der Waals surface area contributed by atoms with Crippen LogP contribution in [0.25, 0.3) is 28.3 Å². The average Bonchev–Trinajstić information content (AvgIpc) is 3.46. The van der Waals surface area contributed by atoms with Gasteiger partial charge in [0, 0.05) is 55.4 Å². The molecular formula is C27H27FN4O2. The molecule has 0 amide bonds. The van der Waals surface area contributed by atoms with Crippen LogP contribution >= 0.6 is 0 Å². The number of aliphatic hydroxyl groups is 2. The lowest BCUT2D eigenvalue weighted by Crippen LogP contribution is -2.49. The van der Waals surface area contributed by atoms with E-state index < -0.39 is 6.10 Å². The van der Waals surface area contributed by atoms with E-state index in [-0.39, 0.29) is 24.3 Å². The number of halogens is 1. The smallest absolute Gasteiger partial charge is 0.161 e. The van der Waals surface area contributed by atoms with Gasteiger partial charge in [-0.1, -0.05) is 19.1 Å². The molecule has 0 aliphatic carbocycles. The van der Waals surface area contributed by atoms with Gasteiger partial charge < -0.3 is 19.7 Å². The van der Waals surface area contributed by atoms with Gasteiger partial charge in [0.1, 0.15) is 5.82 Å². The molecule has 34 heavy (non-hydrogen) atoms. The fraction of sp³-hybridized carbons (Fsp3) is 0.296. The van der Waals surface area contributed by atoms with Crippen molar-refractivity contribution < 1.29 is 14.6 Å². The summed E-state index contributed by atoms with van der Waals surface area (Å²) in [7, 11) is 0. The Hall–Kier alpha value is -3.42. The normalized spacial score (nSPS) is 21.5. The molecule has 3 atom stereocenters. The van der Waals surface area contributed by atoms with E-state index in [9.17, 15) is 14.6 Å². The molecule has 4 heterocycles. The van der Waals surface area contributed by atoms with Gasteiger partial charge in [0.05, 0.1) is 24.1 Å². The van der Waals surface area contributed by atoms with E-state index in [4.69, 9.17) is 0 Å². The maximum Gasteiger partial charge on any atom is 0.161 e. The highest BCUT2D eigenvalue weighted by molar-refractivity contribution is 5.72. The second-order valence-electron chi connectivity index (χ2n) is 9.50. The fourth-order valence-electron chi connectivity index (χ4n) is 5.39. The number of aromatic nitrogens is 3. The predicted octanol–water partition coefficient (Wildman–Crippen LogP) is 3.93. The molecule has 7 heteroatoms. The predicted molar refractivity (Wildman–Crippen MR) is 129 cm³/mol. The summed E-state index contributed by atoms with van der Waals surface area (Å²) in [5.41, 5.74) is 6.34. The summed E-state index contributed by atoms with van der Waals surface area (Å²) < 4.78 is 17.8. The molecule has 2 aromatic heterocycles. The number of hydrogen-bond donors (Lipinski definition) is 2. The van der Waals surface area contributed by atoms with Crippen LogP contribution in [-0.2, 0) is 6.54 Å². The number of nitrogens with zero attached hydrogens (tertiary/aromatic N) is 4. The van der Waals surface area contributed by atoms with Crippen molar-refractivity contribution in [3.05, 3.63) is 78.5 Å². The Kier molecular flexibility index (Phi) is 5.04. The number of aliphatic hydroxyl groups excluding tert-OH is 2. The standard InChI is InChI=1S/C27H27FN4O2/c1-17-12-30(15-21(16-33)26(17)34)23-6-7-24-20(10-23)14-31-13-19(18-2-4-22(28)5-3-18)11-25(31)27-29-8-9-32(24)27/h2-11,13,17,21,26,33-34H,12,14-16H2,1H3/t17?,21-,26+/m1/s1. The summed E-state index contributed by atoms with van der Waals surface area (Å²) in [6, 6.07) is 15.1. The van der Waals surface area contributed by atoms with Crippen molar-refractivity contribution in [2.75, 3.05) is 24.6 Å². The molecule has 1 fully saturated rings. The SMILES string of the molecule is CC1CN(c2ccc3c(c2)Cn2cc(-c4ccc(F)cc4)cc2-c2nccn2-3)C[C@H](CO)[C@H]1O. The largest absolute Gasteiger partial charge is 0.396 e. The van der Waals surface area contributed by atoms with Crippen molar-refractivity contribution >= 4 is 5.69 Å². The van der Waals surface area contributed by atoms with E-state index in [1.54, 1.807) is 12.1 Å². The van der Waals surface area contributed by atoms with Crippen LogP contribution in [0.2, 0.25) is 0 Å². The number of anilines is 1. The second kappa shape index (κ2) is 8.11. The molecule has 6 rings (SSSR count). The number of piperidine rings is 1. The molecule has 0 saturated carbocycles. The van der Waals surface area contributed by atoms with Gasteiger partial charge in [-0.15, -0.1) is 0 Å². The van der Waals surface area contributed by atoms with E-state index in [1.165, 1.54) is 12.1 Å². The van der Waals surface area contributed by atoms with E-state index in [1.807, 2.05) is 19.3 Å².